The smallest absolute Gasteiger partial charge is 0.338 e. The molecule has 1 amide bonds. The zero-order chi connectivity index (χ0) is 19.3. The number of rotatable bonds is 6. The number of hydrogen-bond donors (Lipinski definition) is 0. The van der Waals surface area contributed by atoms with Crippen molar-refractivity contribution in [3.05, 3.63) is 64.0 Å². The fraction of sp³-hybridized carbons (Fsp3) is 0.176. The lowest BCUT2D eigenvalue weighted by molar-refractivity contribution is -0.384. The zero-order valence-corrected chi connectivity index (χ0v) is 15.2. The van der Waals surface area contributed by atoms with Crippen LogP contribution in [0.2, 0.25) is 0 Å². The molecule has 0 fully saturated rings. The van der Waals surface area contributed by atoms with Crippen LogP contribution in [0.1, 0.15) is 17.3 Å². The molecule has 0 atom stereocenters. The van der Waals surface area contributed by atoms with Gasteiger partial charge in [-0.15, -0.1) is 0 Å². The molecule has 0 aliphatic rings. The van der Waals surface area contributed by atoms with E-state index in [9.17, 15) is 24.1 Å². The number of carbonyl (C=O) groups is 2. The second-order valence-corrected chi connectivity index (χ2v) is 5.56. The van der Waals surface area contributed by atoms with Crippen LogP contribution in [-0.2, 0) is 9.53 Å². The van der Waals surface area contributed by atoms with Crippen LogP contribution in [0.5, 0.6) is 0 Å². The number of para-hydroxylation sites is 1. The molecule has 0 saturated heterocycles. The van der Waals surface area contributed by atoms with Crippen LogP contribution in [-0.4, -0.2) is 28.7 Å². The van der Waals surface area contributed by atoms with Gasteiger partial charge in [0.2, 0.25) is 5.91 Å². The van der Waals surface area contributed by atoms with Gasteiger partial charge in [0.25, 0.3) is 5.69 Å². The summed E-state index contributed by atoms with van der Waals surface area (Å²) in [7, 11) is 0. The molecule has 9 heteroatoms. The molecule has 0 heterocycles. The number of anilines is 2. The molecular formula is C17H14BrFN2O5. The van der Waals surface area contributed by atoms with Crippen LogP contribution in [0.4, 0.5) is 21.5 Å². The summed E-state index contributed by atoms with van der Waals surface area (Å²) in [6.07, 6.45) is 0. The topological polar surface area (TPSA) is 89.8 Å². The number of halogens is 2. The molecular weight excluding hydrogens is 411 g/mol. The lowest BCUT2D eigenvalue weighted by Gasteiger charge is -2.22. The van der Waals surface area contributed by atoms with Crippen molar-refractivity contribution >= 4 is 44.9 Å². The van der Waals surface area contributed by atoms with Gasteiger partial charge in [-0.05, 0) is 37.3 Å². The lowest BCUT2D eigenvalue weighted by atomic mass is 10.1. The van der Waals surface area contributed by atoms with E-state index in [1.165, 1.54) is 30.3 Å². The Morgan fingerprint density at radius 3 is 2.42 bits per heavy atom. The minimum Gasteiger partial charge on any atom is -0.462 e. The fourth-order valence-electron chi connectivity index (χ4n) is 2.29. The Labute approximate surface area is 156 Å². The zero-order valence-electron chi connectivity index (χ0n) is 13.6. The highest BCUT2D eigenvalue weighted by atomic mass is 79.9. The molecule has 0 aliphatic carbocycles. The van der Waals surface area contributed by atoms with Crippen LogP contribution in [0, 0.1) is 15.9 Å². The Hall–Kier alpha value is -2.81. The quantitative estimate of drug-likeness (QED) is 0.302. The summed E-state index contributed by atoms with van der Waals surface area (Å²) in [6.45, 7) is 1.87. The second-order valence-electron chi connectivity index (χ2n) is 4.99. The fourth-order valence-corrected chi connectivity index (χ4v) is 2.54. The number of esters is 1. The van der Waals surface area contributed by atoms with Gasteiger partial charge in [-0.1, -0.05) is 22.0 Å². The molecule has 26 heavy (non-hydrogen) atoms. The van der Waals surface area contributed by atoms with Gasteiger partial charge in [0, 0.05) is 11.8 Å². The van der Waals surface area contributed by atoms with Crippen molar-refractivity contribution in [3.8, 4) is 0 Å². The number of benzene rings is 2. The van der Waals surface area contributed by atoms with Gasteiger partial charge in [0.1, 0.15) is 0 Å². The van der Waals surface area contributed by atoms with Gasteiger partial charge in [-0.25, -0.2) is 9.18 Å². The van der Waals surface area contributed by atoms with Gasteiger partial charge in [0.05, 0.1) is 22.4 Å². The van der Waals surface area contributed by atoms with E-state index in [1.807, 2.05) is 0 Å². The predicted molar refractivity (Wildman–Crippen MR) is 96.4 cm³/mol. The highest BCUT2D eigenvalue weighted by Gasteiger charge is 2.29. The molecule has 136 valence electrons. The van der Waals surface area contributed by atoms with Crippen LogP contribution in [0.3, 0.4) is 0 Å². The number of alkyl halides is 1. The first-order valence-corrected chi connectivity index (χ1v) is 8.61. The number of nitro groups is 1. The molecule has 2 rings (SSSR count). The Bertz CT molecular complexity index is 842. The number of ether oxygens (including phenoxy) is 1. The monoisotopic (exact) mass is 424 g/mol. The maximum atomic E-state index is 14.4. The number of hydrogen-bond acceptors (Lipinski definition) is 5. The first-order valence-electron chi connectivity index (χ1n) is 7.49. The third kappa shape index (κ3) is 4.05. The summed E-state index contributed by atoms with van der Waals surface area (Å²) in [5.74, 6) is -2.07. The van der Waals surface area contributed by atoms with Crippen molar-refractivity contribution < 1.29 is 23.6 Å². The third-order valence-electron chi connectivity index (χ3n) is 3.39. The average molecular weight is 425 g/mol. The van der Waals surface area contributed by atoms with E-state index in [4.69, 9.17) is 4.74 Å². The Balaban J connectivity index is 2.56. The largest absolute Gasteiger partial charge is 0.462 e. The molecule has 2 aromatic rings. The van der Waals surface area contributed by atoms with E-state index in [0.717, 1.165) is 17.0 Å². The Kier molecular flexibility index (Phi) is 6.40. The van der Waals surface area contributed by atoms with Gasteiger partial charge < -0.3 is 4.74 Å². The molecule has 0 bridgehead atoms. The second kappa shape index (κ2) is 8.52. The van der Waals surface area contributed by atoms with Crippen molar-refractivity contribution in [2.45, 2.75) is 6.92 Å². The molecule has 2 aromatic carbocycles. The van der Waals surface area contributed by atoms with E-state index in [0.29, 0.717) is 0 Å². The summed E-state index contributed by atoms with van der Waals surface area (Å²) in [5, 5.41) is 11.1. The summed E-state index contributed by atoms with van der Waals surface area (Å²) in [5.41, 5.74) is -0.597. The van der Waals surface area contributed by atoms with E-state index in [1.54, 1.807) is 6.92 Å². The highest BCUT2D eigenvalue weighted by Crippen LogP contribution is 2.36. The molecule has 0 aromatic heterocycles. The van der Waals surface area contributed by atoms with Crippen LogP contribution < -0.4 is 4.90 Å². The summed E-state index contributed by atoms with van der Waals surface area (Å²) in [4.78, 5) is 35.5. The van der Waals surface area contributed by atoms with Crippen molar-refractivity contribution in [1.82, 2.24) is 0 Å². The van der Waals surface area contributed by atoms with Crippen molar-refractivity contribution in [2.75, 3.05) is 16.8 Å². The lowest BCUT2D eigenvalue weighted by Crippen LogP contribution is -2.28. The van der Waals surface area contributed by atoms with Crippen molar-refractivity contribution in [2.24, 2.45) is 0 Å². The highest BCUT2D eigenvalue weighted by molar-refractivity contribution is 9.09. The number of amides is 1. The molecule has 0 spiro atoms. The van der Waals surface area contributed by atoms with Crippen LogP contribution in [0.15, 0.2) is 42.5 Å². The number of nitro benzene ring substituents is 1. The number of carbonyl (C=O) groups excluding carboxylic acids is 2. The predicted octanol–water partition coefficient (Wildman–Crippen LogP) is 3.97. The van der Waals surface area contributed by atoms with Crippen LogP contribution >= 0.6 is 15.9 Å². The van der Waals surface area contributed by atoms with Crippen LogP contribution in [0.25, 0.3) is 0 Å². The standard InChI is InChI=1S/C17H14BrFN2O5/c1-2-26-17(23)11-6-8-12(9-7-11)20(15(22)10-18)16-13(19)4-3-5-14(16)21(24)25/h3-9H,2,10H2,1H3. The Morgan fingerprint density at radius 1 is 1.23 bits per heavy atom. The molecule has 0 N–H and O–H groups in total. The third-order valence-corrected chi connectivity index (χ3v) is 3.87. The van der Waals surface area contributed by atoms with Gasteiger partial charge in [-0.2, -0.15) is 0 Å². The molecule has 0 saturated carbocycles. The summed E-state index contributed by atoms with van der Waals surface area (Å²) >= 11 is 3.00. The molecule has 0 unspecified atom stereocenters. The SMILES string of the molecule is CCOC(=O)c1ccc(N(C(=O)CBr)c2c(F)cccc2[N+](=O)[O-])cc1. The summed E-state index contributed by atoms with van der Waals surface area (Å²) < 4.78 is 19.2. The first kappa shape index (κ1) is 19.5. The minimum atomic E-state index is -0.914. The molecule has 0 aliphatic heterocycles. The van der Waals surface area contributed by atoms with E-state index < -0.39 is 34.0 Å². The Morgan fingerprint density at radius 2 is 1.88 bits per heavy atom. The van der Waals surface area contributed by atoms with E-state index in [2.05, 4.69) is 15.9 Å². The van der Waals surface area contributed by atoms with Crippen molar-refractivity contribution in [3.63, 3.8) is 0 Å². The van der Waals surface area contributed by atoms with Crippen molar-refractivity contribution in [1.29, 1.82) is 0 Å². The minimum absolute atomic E-state index is 0.177. The maximum absolute atomic E-state index is 14.4. The number of nitrogens with zero attached hydrogens (tertiary/aromatic N) is 2. The molecule has 7 nitrogen and oxygen atoms in total. The van der Waals surface area contributed by atoms with Gasteiger partial charge >= 0.3 is 5.97 Å². The normalized spacial score (nSPS) is 10.3. The van der Waals surface area contributed by atoms with Gasteiger partial charge in [-0.3, -0.25) is 19.8 Å². The van der Waals surface area contributed by atoms with E-state index in [-0.39, 0.29) is 23.2 Å². The molecule has 0 radical (unpaired) electrons. The average Bonchev–Trinajstić information content (AvgIpc) is 2.63. The van der Waals surface area contributed by atoms with E-state index >= 15 is 0 Å². The maximum Gasteiger partial charge on any atom is 0.338 e. The summed E-state index contributed by atoms with van der Waals surface area (Å²) in [6, 6.07) is 8.91. The first-order chi connectivity index (χ1) is 12.4. The van der Waals surface area contributed by atoms with Gasteiger partial charge in [0.15, 0.2) is 11.5 Å².